The number of morpholine rings is 1. The van der Waals surface area contributed by atoms with Gasteiger partial charge in [-0.15, -0.1) is 10.2 Å². The number of thioether (sulfide) groups is 1. The van der Waals surface area contributed by atoms with Crippen molar-refractivity contribution in [3.05, 3.63) is 60.2 Å². The van der Waals surface area contributed by atoms with Crippen molar-refractivity contribution in [2.24, 2.45) is 7.05 Å². The van der Waals surface area contributed by atoms with Crippen LogP contribution in [0, 0.1) is 0 Å². The first kappa shape index (κ1) is 17.9. The monoisotopic (exact) mass is 382 g/mol. The highest BCUT2D eigenvalue weighted by Crippen LogP contribution is 2.31. The van der Waals surface area contributed by atoms with Gasteiger partial charge in [0.25, 0.3) is 0 Å². The number of hydrogen-bond donors (Lipinski definition) is 0. The molecule has 3 aromatic rings. The fraction of sp³-hybridized carbons (Fsp3) is 0.300. The van der Waals surface area contributed by atoms with Gasteiger partial charge in [-0.05, 0) is 18.2 Å². The Labute approximate surface area is 163 Å². The number of rotatable bonds is 6. The average Bonchev–Trinajstić information content (AvgIpc) is 3.09. The second-order valence-electron chi connectivity index (χ2n) is 6.25. The summed E-state index contributed by atoms with van der Waals surface area (Å²) in [7, 11) is 2.01. The summed E-state index contributed by atoms with van der Waals surface area (Å²) in [5.74, 6) is 3.36. The van der Waals surface area contributed by atoms with E-state index in [1.54, 1.807) is 11.8 Å². The van der Waals surface area contributed by atoms with Crippen LogP contribution in [0.2, 0.25) is 0 Å². The summed E-state index contributed by atoms with van der Waals surface area (Å²) in [5.41, 5.74) is 1.13. The van der Waals surface area contributed by atoms with Crippen molar-refractivity contribution in [3.63, 3.8) is 0 Å². The maximum atomic E-state index is 6.05. The lowest BCUT2D eigenvalue weighted by Crippen LogP contribution is -2.37. The molecule has 1 aliphatic rings. The molecule has 1 saturated heterocycles. The molecule has 0 atom stereocenters. The highest BCUT2D eigenvalue weighted by molar-refractivity contribution is 7.98. The summed E-state index contributed by atoms with van der Waals surface area (Å²) in [5, 5.41) is 9.64. The van der Waals surface area contributed by atoms with Crippen LogP contribution in [0.4, 0.5) is 5.95 Å². The molecule has 27 heavy (non-hydrogen) atoms. The van der Waals surface area contributed by atoms with Gasteiger partial charge in [-0.2, -0.15) is 0 Å². The Balaban J connectivity index is 1.46. The highest BCUT2D eigenvalue weighted by Gasteiger charge is 2.18. The predicted molar refractivity (Wildman–Crippen MR) is 107 cm³/mol. The number of anilines is 1. The lowest BCUT2D eigenvalue weighted by atomic mass is 10.2. The Morgan fingerprint density at radius 2 is 1.74 bits per heavy atom. The first-order valence-corrected chi connectivity index (χ1v) is 9.95. The summed E-state index contributed by atoms with van der Waals surface area (Å²) in [6, 6.07) is 18.0. The minimum absolute atomic E-state index is 0.736. The van der Waals surface area contributed by atoms with Gasteiger partial charge in [-0.3, -0.25) is 4.57 Å². The molecule has 6 nitrogen and oxygen atoms in total. The number of para-hydroxylation sites is 2. The largest absolute Gasteiger partial charge is 0.457 e. The SMILES string of the molecule is Cn1c(SCc2ccccc2Oc2ccccc2)nnc1N1CCOCC1. The molecule has 2 heterocycles. The molecule has 0 amide bonds. The van der Waals surface area contributed by atoms with Crippen LogP contribution in [-0.2, 0) is 17.5 Å². The van der Waals surface area contributed by atoms with Crippen molar-refractivity contribution in [2.75, 3.05) is 31.2 Å². The Morgan fingerprint density at radius 3 is 2.56 bits per heavy atom. The van der Waals surface area contributed by atoms with Crippen molar-refractivity contribution < 1.29 is 9.47 Å². The van der Waals surface area contributed by atoms with E-state index < -0.39 is 0 Å². The molecular weight excluding hydrogens is 360 g/mol. The molecule has 1 aromatic heterocycles. The summed E-state index contributed by atoms with van der Waals surface area (Å²) >= 11 is 1.66. The van der Waals surface area contributed by atoms with Crippen LogP contribution in [0.25, 0.3) is 0 Å². The van der Waals surface area contributed by atoms with Crippen molar-refractivity contribution in [2.45, 2.75) is 10.9 Å². The van der Waals surface area contributed by atoms with Gasteiger partial charge >= 0.3 is 0 Å². The van der Waals surface area contributed by atoms with Crippen LogP contribution in [-0.4, -0.2) is 41.1 Å². The van der Waals surface area contributed by atoms with Gasteiger partial charge in [0.2, 0.25) is 5.95 Å². The highest BCUT2D eigenvalue weighted by atomic mass is 32.2. The van der Waals surface area contributed by atoms with Crippen molar-refractivity contribution in [1.82, 2.24) is 14.8 Å². The lowest BCUT2D eigenvalue weighted by molar-refractivity contribution is 0.121. The first-order chi connectivity index (χ1) is 13.3. The van der Waals surface area contributed by atoms with Crippen LogP contribution in [0.15, 0.2) is 59.8 Å². The van der Waals surface area contributed by atoms with Crippen molar-refractivity contribution in [3.8, 4) is 11.5 Å². The van der Waals surface area contributed by atoms with E-state index in [2.05, 4.69) is 25.7 Å². The minimum Gasteiger partial charge on any atom is -0.457 e. The quantitative estimate of drug-likeness (QED) is 0.606. The Morgan fingerprint density at radius 1 is 1.00 bits per heavy atom. The van der Waals surface area contributed by atoms with Gasteiger partial charge < -0.3 is 14.4 Å². The van der Waals surface area contributed by atoms with E-state index in [4.69, 9.17) is 9.47 Å². The molecule has 0 radical (unpaired) electrons. The van der Waals surface area contributed by atoms with Crippen LogP contribution < -0.4 is 9.64 Å². The normalized spacial score (nSPS) is 14.3. The minimum atomic E-state index is 0.736. The molecular formula is C20H22N4O2S. The molecule has 4 rings (SSSR count). The van der Waals surface area contributed by atoms with Gasteiger partial charge in [0.15, 0.2) is 5.16 Å². The Kier molecular flexibility index (Phi) is 5.60. The maximum absolute atomic E-state index is 6.05. The topological polar surface area (TPSA) is 52.4 Å². The number of benzene rings is 2. The third-order valence-electron chi connectivity index (χ3n) is 4.41. The summed E-state index contributed by atoms with van der Waals surface area (Å²) in [6.07, 6.45) is 0. The Hall–Kier alpha value is -2.51. The van der Waals surface area contributed by atoms with Crippen LogP contribution in [0.1, 0.15) is 5.56 Å². The molecule has 0 saturated carbocycles. The van der Waals surface area contributed by atoms with E-state index in [1.165, 1.54) is 0 Å². The Bertz CT molecular complexity index is 879. The molecule has 1 fully saturated rings. The molecule has 0 N–H and O–H groups in total. The van der Waals surface area contributed by atoms with Crippen LogP contribution in [0.5, 0.6) is 11.5 Å². The zero-order valence-corrected chi connectivity index (χ0v) is 16.1. The zero-order valence-electron chi connectivity index (χ0n) is 15.2. The summed E-state index contributed by atoms with van der Waals surface area (Å²) in [4.78, 5) is 2.22. The first-order valence-electron chi connectivity index (χ1n) is 8.97. The second-order valence-corrected chi connectivity index (χ2v) is 7.20. The third kappa shape index (κ3) is 4.26. The van der Waals surface area contributed by atoms with E-state index in [0.29, 0.717) is 0 Å². The standard InChI is InChI=1S/C20H22N4O2S/c1-23-19(24-11-13-25-14-12-24)21-22-20(23)27-15-16-7-5-6-10-18(16)26-17-8-3-2-4-9-17/h2-10H,11-15H2,1H3. The zero-order chi connectivity index (χ0) is 18.5. The molecule has 0 unspecified atom stereocenters. The van der Waals surface area contributed by atoms with Crippen LogP contribution in [0.3, 0.4) is 0 Å². The molecule has 0 spiro atoms. The lowest BCUT2D eigenvalue weighted by Gasteiger charge is -2.27. The fourth-order valence-corrected chi connectivity index (χ4v) is 3.85. The predicted octanol–water partition coefficient (Wildman–Crippen LogP) is 3.74. The van der Waals surface area contributed by atoms with E-state index in [-0.39, 0.29) is 0 Å². The maximum Gasteiger partial charge on any atom is 0.227 e. The number of aromatic nitrogens is 3. The number of ether oxygens (including phenoxy) is 2. The number of hydrogen-bond acceptors (Lipinski definition) is 6. The van der Waals surface area contributed by atoms with E-state index in [9.17, 15) is 0 Å². The average molecular weight is 382 g/mol. The summed E-state index contributed by atoms with van der Waals surface area (Å²) < 4.78 is 13.5. The van der Waals surface area contributed by atoms with E-state index in [1.807, 2.05) is 55.6 Å². The van der Waals surface area contributed by atoms with Gasteiger partial charge in [-0.25, -0.2) is 0 Å². The van der Waals surface area contributed by atoms with E-state index in [0.717, 1.165) is 60.2 Å². The van der Waals surface area contributed by atoms with Gasteiger partial charge in [0.05, 0.1) is 13.2 Å². The smallest absolute Gasteiger partial charge is 0.227 e. The van der Waals surface area contributed by atoms with Crippen molar-refractivity contribution in [1.29, 1.82) is 0 Å². The van der Waals surface area contributed by atoms with Crippen LogP contribution >= 0.6 is 11.8 Å². The van der Waals surface area contributed by atoms with Gasteiger partial charge in [0.1, 0.15) is 11.5 Å². The molecule has 140 valence electrons. The molecule has 2 aromatic carbocycles. The molecule has 1 aliphatic heterocycles. The molecule has 0 bridgehead atoms. The molecule has 0 aliphatic carbocycles. The number of nitrogens with zero attached hydrogens (tertiary/aromatic N) is 4. The van der Waals surface area contributed by atoms with Gasteiger partial charge in [-0.1, -0.05) is 48.2 Å². The second kappa shape index (κ2) is 8.45. The fourth-order valence-electron chi connectivity index (χ4n) is 2.95. The summed E-state index contributed by atoms with van der Waals surface area (Å²) in [6.45, 7) is 3.17. The third-order valence-corrected chi connectivity index (χ3v) is 5.48. The molecule has 7 heteroatoms. The van der Waals surface area contributed by atoms with Crippen molar-refractivity contribution >= 4 is 17.7 Å². The van der Waals surface area contributed by atoms with Gasteiger partial charge in [0, 0.05) is 31.5 Å². The van der Waals surface area contributed by atoms with E-state index >= 15 is 0 Å².